The zero-order chi connectivity index (χ0) is 32.4. The minimum absolute atomic E-state index is 0.00435. The lowest BCUT2D eigenvalue weighted by atomic mass is 9.64. The molecular formula is C40H56O3. The molecule has 0 radical (unpaired) electrons. The maximum atomic E-state index is 11.3. The van der Waals surface area contributed by atoms with Crippen molar-refractivity contribution in [2.45, 2.75) is 106 Å². The molecule has 0 unspecified atom stereocenters. The van der Waals surface area contributed by atoms with Crippen LogP contribution in [-0.4, -0.2) is 33.1 Å². The van der Waals surface area contributed by atoms with Crippen molar-refractivity contribution in [2.24, 2.45) is 10.8 Å². The van der Waals surface area contributed by atoms with Crippen molar-refractivity contribution < 1.29 is 15.3 Å². The van der Waals surface area contributed by atoms with E-state index in [1.54, 1.807) is 6.08 Å². The zero-order valence-corrected chi connectivity index (χ0v) is 28.3. The lowest BCUT2D eigenvalue weighted by Crippen LogP contribution is -2.48. The SMILES string of the molecule is CC1=C[C@@H](O)CC(C)(C)[C@]1(O)/C=C/C(C)=C/C=C/C(C)=C/C=C/C=C(C)/C=C/C=C(C)/C=C/C1=C(C)C[C@H](O)CC1(C)C. The van der Waals surface area contributed by atoms with Crippen LogP contribution < -0.4 is 0 Å². The summed E-state index contributed by atoms with van der Waals surface area (Å²) in [5, 5.41) is 31.5. The Morgan fingerprint density at radius 2 is 1.21 bits per heavy atom. The molecule has 2 aliphatic rings. The van der Waals surface area contributed by atoms with Gasteiger partial charge < -0.3 is 15.3 Å². The summed E-state index contributed by atoms with van der Waals surface area (Å²) in [6.45, 7) is 20.7. The highest BCUT2D eigenvalue weighted by atomic mass is 16.3. The van der Waals surface area contributed by atoms with Gasteiger partial charge in [0.05, 0.1) is 12.2 Å². The molecule has 3 N–H and O–H groups in total. The molecule has 2 aliphatic carbocycles. The van der Waals surface area contributed by atoms with Gasteiger partial charge in [-0.2, -0.15) is 0 Å². The average molecular weight is 585 g/mol. The normalized spacial score (nSPS) is 28.0. The molecule has 0 amide bonds. The molecule has 0 fully saturated rings. The minimum atomic E-state index is -1.08. The zero-order valence-electron chi connectivity index (χ0n) is 28.3. The van der Waals surface area contributed by atoms with Crippen LogP contribution in [0.5, 0.6) is 0 Å². The van der Waals surface area contributed by atoms with E-state index in [4.69, 9.17) is 0 Å². The molecule has 0 aromatic carbocycles. The van der Waals surface area contributed by atoms with Crippen molar-refractivity contribution in [1.82, 2.24) is 0 Å². The second kappa shape index (κ2) is 15.7. The smallest absolute Gasteiger partial charge is 0.109 e. The molecule has 0 heterocycles. The van der Waals surface area contributed by atoms with Gasteiger partial charge >= 0.3 is 0 Å². The first-order valence-corrected chi connectivity index (χ1v) is 15.5. The van der Waals surface area contributed by atoms with E-state index in [0.717, 1.165) is 29.6 Å². The van der Waals surface area contributed by atoms with Crippen molar-refractivity contribution in [1.29, 1.82) is 0 Å². The summed E-state index contributed by atoms with van der Waals surface area (Å²) in [5.41, 5.74) is 6.41. The highest BCUT2D eigenvalue weighted by molar-refractivity contribution is 5.39. The van der Waals surface area contributed by atoms with Crippen molar-refractivity contribution in [3.63, 3.8) is 0 Å². The van der Waals surface area contributed by atoms with Crippen LogP contribution in [0.3, 0.4) is 0 Å². The number of hydrogen-bond donors (Lipinski definition) is 3. The molecule has 0 saturated heterocycles. The molecule has 2 rings (SSSR count). The Kier molecular flexibility index (Phi) is 13.2. The first-order valence-electron chi connectivity index (χ1n) is 15.5. The summed E-state index contributed by atoms with van der Waals surface area (Å²) in [5.74, 6) is 0. The van der Waals surface area contributed by atoms with Gasteiger partial charge in [-0.05, 0) is 83.4 Å². The monoisotopic (exact) mass is 584 g/mol. The first-order chi connectivity index (χ1) is 20.0. The van der Waals surface area contributed by atoms with Gasteiger partial charge in [-0.3, -0.25) is 0 Å². The van der Waals surface area contributed by atoms with Gasteiger partial charge in [0.1, 0.15) is 5.60 Å². The number of aliphatic hydroxyl groups is 3. The molecule has 3 atom stereocenters. The van der Waals surface area contributed by atoms with Crippen molar-refractivity contribution >= 4 is 0 Å². The van der Waals surface area contributed by atoms with Crippen LogP contribution in [0.1, 0.15) is 88.5 Å². The molecule has 0 saturated carbocycles. The lowest BCUT2D eigenvalue weighted by Gasteiger charge is -2.46. The summed E-state index contributed by atoms with van der Waals surface area (Å²) in [6.07, 6.45) is 32.0. The summed E-state index contributed by atoms with van der Waals surface area (Å²) in [4.78, 5) is 0. The molecule has 234 valence electrons. The number of allylic oxidation sites excluding steroid dienone is 18. The van der Waals surface area contributed by atoms with Gasteiger partial charge in [-0.15, -0.1) is 0 Å². The van der Waals surface area contributed by atoms with Crippen LogP contribution >= 0.6 is 0 Å². The molecule has 3 nitrogen and oxygen atoms in total. The molecule has 0 aromatic rings. The molecule has 0 bridgehead atoms. The summed E-state index contributed by atoms with van der Waals surface area (Å²) >= 11 is 0. The summed E-state index contributed by atoms with van der Waals surface area (Å²) in [6, 6.07) is 0. The van der Waals surface area contributed by atoms with E-state index < -0.39 is 17.1 Å². The van der Waals surface area contributed by atoms with E-state index in [1.807, 2.05) is 64.2 Å². The second-order valence-electron chi connectivity index (χ2n) is 13.8. The number of aliphatic hydroxyl groups excluding tert-OH is 2. The number of rotatable bonds is 10. The largest absolute Gasteiger partial charge is 0.393 e. The Morgan fingerprint density at radius 1 is 0.721 bits per heavy atom. The Hall–Kier alpha value is -2.98. The minimum Gasteiger partial charge on any atom is -0.393 e. The van der Waals surface area contributed by atoms with E-state index in [2.05, 4.69) is 90.2 Å². The summed E-state index contributed by atoms with van der Waals surface area (Å²) < 4.78 is 0. The third-order valence-corrected chi connectivity index (χ3v) is 8.64. The molecule has 43 heavy (non-hydrogen) atoms. The van der Waals surface area contributed by atoms with Crippen LogP contribution in [0.25, 0.3) is 0 Å². The Labute approximate surface area is 262 Å². The maximum absolute atomic E-state index is 11.3. The molecular weight excluding hydrogens is 528 g/mol. The maximum Gasteiger partial charge on any atom is 0.109 e. The first kappa shape index (κ1) is 36.2. The third kappa shape index (κ3) is 10.9. The number of hydrogen-bond acceptors (Lipinski definition) is 3. The Morgan fingerprint density at radius 3 is 1.72 bits per heavy atom. The van der Waals surface area contributed by atoms with E-state index in [1.165, 1.54) is 22.3 Å². The van der Waals surface area contributed by atoms with E-state index in [0.29, 0.717) is 6.42 Å². The van der Waals surface area contributed by atoms with Crippen molar-refractivity contribution in [3.8, 4) is 0 Å². The fraction of sp³-hybridized carbons (Fsp3) is 0.450. The highest BCUT2D eigenvalue weighted by Gasteiger charge is 2.46. The van der Waals surface area contributed by atoms with Crippen molar-refractivity contribution in [2.75, 3.05) is 0 Å². The standard InChI is InChI=1S/C40H56O3/c1-29(17-13-19-31(3)21-22-37-33(5)25-35(41)27-38(37,7)8)15-11-12-16-30(2)18-14-20-32(4)23-24-40(43)34(6)26-36(42)28-39(40,9)10/h11-24,26,35-36,41-43H,25,27-28H2,1-10H3/b12-11+,17-13+,18-14+,22-21+,24-23+,29-15+,30-16+,31-19+,32-20+/t35-,36+,40-/m0/s1. The highest BCUT2D eigenvalue weighted by Crippen LogP contribution is 2.45. The van der Waals surface area contributed by atoms with E-state index >= 15 is 0 Å². The summed E-state index contributed by atoms with van der Waals surface area (Å²) in [7, 11) is 0. The second-order valence-corrected chi connectivity index (χ2v) is 13.8. The lowest BCUT2D eigenvalue weighted by molar-refractivity contribution is -0.0292. The van der Waals surface area contributed by atoms with Crippen LogP contribution in [0.2, 0.25) is 0 Å². The van der Waals surface area contributed by atoms with Gasteiger partial charge in [0.25, 0.3) is 0 Å². The van der Waals surface area contributed by atoms with Gasteiger partial charge in [-0.1, -0.05) is 141 Å². The van der Waals surface area contributed by atoms with Gasteiger partial charge in [-0.25, -0.2) is 0 Å². The Bertz CT molecular complexity index is 1330. The fourth-order valence-electron chi connectivity index (χ4n) is 6.03. The third-order valence-electron chi connectivity index (χ3n) is 8.64. The van der Waals surface area contributed by atoms with Gasteiger partial charge in [0.15, 0.2) is 0 Å². The Balaban J connectivity index is 1.93. The predicted molar refractivity (Wildman–Crippen MR) is 186 cm³/mol. The molecule has 0 aliphatic heterocycles. The van der Waals surface area contributed by atoms with Gasteiger partial charge in [0, 0.05) is 5.41 Å². The van der Waals surface area contributed by atoms with Gasteiger partial charge in [0.2, 0.25) is 0 Å². The fourth-order valence-corrected chi connectivity index (χ4v) is 6.03. The van der Waals surface area contributed by atoms with Crippen LogP contribution in [0.15, 0.2) is 130 Å². The molecule has 0 spiro atoms. The predicted octanol–water partition coefficient (Wildman–Crippen LogP) is 9.52. The van der Waals surface area contributed by atoms with E-state index in [-0.39, 0.29) is 11.5 Å². The van der Waals surface area contributed by atoms with Crippen molar-refractivity contribution in [3.05, 3.63) is 130 Å². The average Bonchev–Trinajstić information content (AvgIpc) is 2.87. The van der Waals surface area contributed by atoms with Crippen LogP contribution in [0, 0.1) is 10.8 Å². The van der Waals surface area contributed by atoms with Crippen LogP contribution in [0.4, 0.5) is 0 Å². The topological polar surface area (TPSA) is 60.7 Å². The van der Waals surface area contributed by atoms with Crippen LogP contribution in [-0.2, 0) is 0 Å². The molecule has 0 aromatic heterocycles. The van der Waals surface area contributed by atoms with E-state index in [9.17, 15) is 15.3 Å². The quantitative estimate of drug-likeness (QED) is 0.177. The molecule has 3 heteroatoms.